The number of esters is 1. The second kappa shape index (κ2) is 4.82. The van der Waals surface area contributed by atoms with E-state index in [0.29, 0.717) is 11.4 Å². The van der Waals surface area contributed by atoms with Gasteiger partial charge in [0.15, 0.2) is 5.75 Å². The molecule has 6 nitrogen and oxygen atoms in total. The number of carbonyl (C=O) groups is 2. The van der Waals surface area contributed by atoms with Crippen LogP contribution in [0.5, 0.6) is 17.2 Å². The van der Waals surface area contributed by atoms with E-state index in [1.54, 1.807) is 18.2 Å². The number of amides is 1. The van der Waals surface area contributed by atoms with Gasteiger partial charge >= 0.3 is 5.97 Å². The van der Waals surface area contributed by atoms with Gasteiger partial charge in [-0.1, -0.05) is 6.07 Å². The molecule has 2 aromatic carbocycles. The lowest BCUT2D eigenvalue weighted by Gasteiger charge is -2.08. The Kier molecular flexibility index (Phi) is 2.98. The van der Waals surface area contributed by atoms with Crippen molar-refractivity contribution in [2.45, 2.75) is 0 Å². The van der Waals surface area contributed by atoms with Gasteiger partial charge in [-0.2, -0.15) is 0 Å². The average molecular weight is 285 g/mol. The Labute approximate surface area is 119 Å². The maximum atomic E-state index is 12.2. The number of methoxy groups -OCH3 is 1. The molecule has 0 saturated carbocycles. The third kappa shape index (κ3) is 2.16. The van der Waals surface area contributed by atoms with E-state index in [4.69, 9.17) is 4.74 Å². The van der Waals surface area contributed by atoms with Gasteiger partial charge in [0.1, 0.15) is 17.1 Å². The fourth-order valence-electron chi connectivity index (χ4n) is 2.10. The molecule has 1 aliphatic rings. The van der Waals surface area contributed by atoms with E-state index in [1.165, 1.54) is 25.3 Å². The van der Waals surface area contributed by atoms with E-state index in [1.807, 2.05) is 0 Å². The number of anilines is 1. The van der Waals surface area contributed by atoms with E-state index in [0.717, 1.165) is 0 Å². The highest BCUT2D eigenvalue weighted by molar-refractivity contribution is 6.10. The molecule has 6 heteroatoms. The minimum atomic E-state index is -0.517. The Hall–Kier alpha value is -3.02. The minimum absolute atomic E-state index is 0.0494. The maximum Gasteiger partial charge on any atom is 0.337 e. The molecular weight excluding hydrogens is 274 g/mol. The van der Waals surface area contributed by atoms with Crippen molar-refractivity contribution < 1.29 is 24.2 Å². The Morgan fingerprint density at radius 3 is 2.81 bits per heavy atom. The topological polar surface area (TPSA) is 84.9 Å². The molecule has 0 aliphatic carbocycles. The normalized spacial score (nSPS) is 12.3. The third-order valence-electron chi connectivity index (χ3n) is 3.10. The summed E-state index contributed by atoms with van der Waals surface area (Å²) in [6.45, 7) is 0. The molecule has 2 N–H and O–H groups in total. The second-order valence-corrected chi connectivity index (χ2v) is 4.41. The zero-order valence-corrected chi connectivity index (χ0v) is 11.0. The fourth-order valence-corrected chi connectivity index (χ4v) is 2.10. The lowest BCUT2D eigenvalue weighted by atomic mass is 10.1. The van der Waals surface area contributed by atoms with Crippen molar-refractivity contribution in [3.8, 4) is 17.2 Å². The van der Waals surface area contributed by atoms with Gasteiger partial charge in [-0.05, 0) is 30.3 Å². The molecule has 0 fully saturated rings. The number of rotatable bonds is 1. The van der Waals surface area contributed by atoms with Crippen molar-refractivity contribution in [1.29, 1.82) is 0 Å². The Balaban J connectivity index is 2.09. The van der Waals surface area contributed by atoms with E-state index in [-0.39, 0.29) is 22.6 Å². The monoisotopic (exact) mass is 285 g/mol. The van der Waals surface area contributed by atoms with E-state index >= 15 is 0 Å². The van der Waals surface area contributed by atoms with Crippen molar-refractivity contribution in [2.75, 3.05) is 12.4 Å². The van der Waals surface area contributed by atoms with Gasteiger partial charge in [-0.15, -0.1) is 0 Å². The molecule has 21 heavy (non-hydrogen) atoms. The van der Waals surface area contributed by atoms with Crippen LogP contribution in [0.25, 0.3) is 0 Å². The van der Waals surface area contributed by atoms with Crippen molar-refractivity contribution in [3.63, 3.8) is 0 Å². The highest BCUT2D eigenvalue weighted by Crippen LogP contribution is 2.39. The first kappa shape index (κ1) is 13.0. The highest BCUT2D eigenvalue weighted by atomic mass is 16.5. The summed E-state index contributed by atoms with van der Waals surface area (Å²) in [6, 6.07) is 9.11. The number of nitrogens with one attached hydrogen (secondary N) is 1. The van der Waals surface area contributed by atoms with Crippen LogP contribution in [0, 0.1) is 0 Å². The SMILES string of the molecule is COC(=O)c1ccc2c(c1)NC(=O)c1c(O)cccc1O2. The van der Waals surface area contributed by atoms with Crippen LogP contribution in [0.1, 0.15) is 20.7 Å². The molecule has 106 valence electrons. The Bertz CT molecular complexity index is 754. The third-order valence-corrected chi connectivity index (χ3v) is 3.10. The van der Waals surface area contributed by atoms with Crippen LogP contribution in [0.3, 0.4) is 0 Å². The zero-order valence-electron chi connectivity index (χ0n) is 11.0. The van der Waals surface area contributed by atoms with E-state index in [2.05, 4.69) is 10.1 Å². The number of hydrogen-bond donors (Lipinski definition) is 2. The molecule has 1 aliphatic heterocycles. The molecule has 1 amide bonds. The average Bonchev–Trinajstić information content (AvgIpc) is 2.62. The number of aromatic hydroxyl groups is 1. The molecule has 0 atom stereocenters. The quantitative estimate of drug-likeness (QED) is 0.786. The lowest BCUT2D eigenvalue weighted by molar-refractivity contribution is 0.0600. The molecule has 0 aromatic heterocycles. The van der Waals surface area contributed by atoms with Crippen molar-refractivity contribution in [2.24, 2.45) is 0 Å². The van der Waals surface area contributed by atoms with Gasteiger partial charge in [-0.3, -0.25) is 4.79 Å². The van der Waals surface area contributed by atoms with Crippen LogP contribution < -0.4 is 10.1 Å². The standard InChI is InChI=1S/C15H11NO5/c1-20-15(19)8-5-6-11-9(7-8)16-14(18)13-10(17)3-2-4-12(13)21-11/h2-7,17H,1H3,(H,16,18). The summed E-state index contributed by atoms with van der Waals surface area (Å²) >= 11 is 0. The largest absolute Gasteiger partial charge is 0.507 e. The van der Waals surface area contributed by atoms with Gasteiger partial charge in [-0.25, -0.2) is 4.79 Å². The zero-order chi connectivity index (χ0) is 15.0. The smallest absolute Gasteiger partial charge is 0.337 e. The number of ether oxygens (including phenoxy) is 2. The van der Waals surface area contributed by atoms with Gasteiger partial charge in [0.25, 0.3) is 5.91 Å². The van der Waals surface area contributed by atoms with Crippen LogP contribution in [-0.2, 0) is 4.74 Å². The van der Waals surface area contributed by atoms with Crippen LogP contribution in [0.15, 0.2) is 36.4 Å². The molecule has 2 aromatic rings. The molecule has 0 bridgehead atoms. The summed E-state index contributed by atoms with van der Waals surface area (Å²) in [5.74, 6) is -0.580. The summed E-state index contributed by atoms with van der Waals surface area (Å²) in [7, 11) is 1.27. The van der Waals surface area contributed by atoms with Gasteiger partial charge in [0, 0.05) is 0 Å². The maximum absolute atomic E-state index is 12.2. The molecule has 0 spiro atoms. The first-order valence-electron chi connectivity index (χ1n) is 6.13. The molecule has 0 unspecified atom stereocenters. The van der Waals surface area contributed by atoms with Crippen molar-refractivity contribution >= 4 is 17.6 Å². The summed E-state index contributed by atoms with van der Waals surface area (Å²) < 4.78 is 10.3. The number of phenolic OH excluding ortho intramolecular Hbond substituents is 1. The lowest BCUT2D eigenvalue weighted by Crippen LogP contribution is -2.11. The summed E-state index contributed by atoms with van der Waals surface area (Å²) in [5.41, 5.74) is 0.669. The first-order valence-corrected chi connectivity index (χ1v) is 6.13. The highest BCUT2D eigenvalue weighted by Gasteiger charge is 2.24. The molecule has 3 rings (SSSR count). The number of benzene rings is 2. The number of fused-ring (bicyclic) bond motifs is 2. The van der Waals surface area contributed by atoms with E-state index in [9.17, 15) is 14.7 Å². The number of hydrogen-bond acceptors (Lipinski definition) is 5. The predicted octanol–water partition coefficient (Wildman–Crippen LogP) is 2.54. The van der Waals surface area contributed by atoms with Gasteiger partial charge in [0.2, 0.25) is 0 Å². The predicted molar refractivity (Wildman–Crippen MR) is 73.9 cm³/mol. The van der Waals surface area contributed by atoms with Crippen molar-refractivity contribution in [3.05, 3.63) is 47.5 Å². The van der Waals surface area contributed by atoms with Crippen LogP contribution in [0.4, 0.5) is 5.69 Å². The summed E-state index contributed by atoms with van der Waals surface area (Å²) in [6.07, 6.45) is 0. The molecular formula is C15H11NO5. The fraction of sp³-hybridized carbons (Fsp3) is 0.0667. The molecule has 1 heterocycles. The van der Waals surface area contributed by atoms with Crippen molar-refractivity contribution in [1.82, 2.24) is 0 Å². The molecule has 0 radical (unpaired) electrons. The number of phenols is 1. The Morgan fingerprint density at radius 2 is 2.05 bits per heavy atom. The first-order chi connectivity index (χ1) is 10.1. The van der Waals surface area contributed by atoms with Gasteiger partial charge < -0.3 is 19.9 Å². The Morgan fingerprint density at radius 1 is 1.24 bits per heavy atom. The second-order valence-electron chi connectivity index (χ2n) is 4.41. The van der Waals surface area contributed by atoms with Crippen LogP contribution in [0.2, 0.25) is 0 Å². The summed E-state index contributed by atoms with van der Waals surface area (Å²) in [5, 5.41) is 12.4. The minimum Gasteiger partial charge on any atom is -0.507 e. The van der Waals surface area contributed by atoms with Crippen LogP contribution in [-0.4, -0.2) is 24.1 Å². The summed E-state index contributed by atoms with van der Waals surface area (Å²) in [4.78, 5) is 23.7. The van der Waals surface area contributed by atoms with E-state index < -0.39 is 11.9 Å². The number of carbonyl (C=O) groups excluding carboxylic acids is 2. The van der Waals surface area contributed by atoms with Gasteiger partial charge in [0.05, 0.1) is 18.4 Å². The molecule has 0 saturated heterocycles. The van der Waals surface area contributed by atoms with Crippen LogP contribution >= 0.6 is 0 Å².